The van der Waals surface area contributed by atoms with Gasteiger partial charge in [0.2, 0.25) is 0 Å². The van der Waals surface area contributed by atoms with E-state index in [1.165, 1.54) is 25.0 Å². The summed E-state index contributed by atoms with van der Waals surface area (Å²) in [7, 11) is 0. The molecule has 0 saturated carbocycles. The van der Waals surface area contributed by atoms with Crippen molar-refractivity contribution in [1.29, 1.82) is 0 Å². The third-order valence-corrected chi connectivity index (χ3v) is 3.95. The van der Waals surface area contributed by atoms with Crippen LogP contribution in [0.1, 0.15) is 32.3 Å². The lowest BCUT2D eigenvalue weighted by Crippen LogP contribution is -2.46. The van der Waals surface area contributed by atoms with E-state index in [0.717, 1.165) is 31.7 Å². The maximum absolute atomic E-state index is 13.6. The molecular weight excluding hydrogens is 411 g/mol. The molecule has 1 aliphatic rings. The summed E-state index contributed by atoms with van der Waals surface area (Å²) in [5.74, 6) is 0.538. The zero-order chi connectivity index (χ0) is 15.9. The van der Waals surface area contributed by atoms with Gasteiger partial charge in [-0.05, 0) is 43.7 Å². The molecule has 0 radical (unpaired) electrons. The second-order valence-electron chi connectivity index (χ2n) is 5.91. The van der Waals surface area contributed by atoms with Crippen molar-refractivity contribution < 1.29 is 8.78 Å². The average Bonchev–Trinajstić information content (AvgIpc) is 2.48. The van der Waals surface area contributed by atoms with Crippen LogP contribution in [0.15, 0.2) is 23.2 Å². The second kappa shape index (κ2) is 10.1. The topological polar surface area (TPSA) is 27.6 Å². The van der Waals surface area contributed by atoms with Crippen LogP contribution in [0.2, 0.25) is 0 Å². The van der Waals surface area contributed by atoms with Crippen molar-refractivity contribution in [2.75, 3.05) is 26.2 Å². The number of nitrogens with one attached hydrogen (secondary N) is 1. The lowest BCUT2D eigenvalue weighted by molar-refractivity contribution is 0.266. The van der Waals surface area contributed by atoms with E-state index in [0.29, 0.717) is 24.4 Å². The van der Waals surface area contributed by atoms with E-state index in [1.807, 2.05) is 6.92 Å². The van der Waals surface area contributed by atoms with Crippen LogP contribution < -0.4 is 5.32 Å². The van der Waals surface area contributed by atoms with Gasteiger partial charge in [0.05, 0.1) is 0 Å². The van der Waals surface area contributed by atoms with E-state index in [4.69, 9.17) is 0 Å². The molecule has 1 N–H and O–H groups in total. The SMILES string of the molecule is CCNC(=NCCc1ccc(F)cc1F)N1CCCC(C)C1.I. The van der Waals surface area contributed by atoms with Crippen molar-refractivity contribution in [2.45, 2.75) is 33.1 Å². The molecule has 1 aliphatic heterocycles. The van der Waals surface area contributed by atoms with E-state index in [1.54, 1.807) is 0 Å². The van der Waals surface area contributed by atoms with E-state index in [9.17, 15) is 8.78 Å². The third-order valence-electron chi connectivity index (χ3n) is 3.95. The molecule has 1 heterocycles. The largest absolute Gasteiger partial charge is 0.357 e. The first-order valence-corrected chi connectivity index (χ1v) is 8.07. The standard InChI is InChI=1S/C17H25F2N3.HI/c1-3-20-17(22-10-4-5-13(2)12-22)21-9-8-14-6-7-15(18)11-16(14)19;/h6-7,11,13H,3-5,8-10,12H2,1-2H3,(H,20,21);1H. The van der Waals surface area contributed by atoms with Gasteiger partial charge >= 0.3 is 0 Å². The minimum atomic E-state index is -0.541. The molecule has 3 nitrogen and oxygen atoms in total. The molecule has 130 valence electrons. The van der Waals surface area contributed by atoms with E-state index in [-0.39, 0.29) is 24.0 Å². The molecule has 1 fully saturated rings. The highest BCUT2D eigenvalue weighted by molar-refractivity contribution is 14.0. The fourth-order valence-corrected chi connectivity index (χ4v) is 2.81. The highest BCUT2D eigenvalue weighted by atomic mass is 127. The fourth-order valence-electron chi connectivity index (χ4n) is 2.81. The Labute approximate surface area is 154 Å². The minimum Gasteiger partial charge on any atom is -0.357 e. The molecule has 23 heavy (non-hydrogen) atoms. The first-order valence-electron chi connectivity index (χ1n) is 8.07. The van der Waals surface area contributed by atoms with Gasteiger partial charge in [-0.1, -0.05) is 13.0 Å². The average molecular weight is 437 g/mol. The van der Waals surface area contributed by atoms with Crippen molar-refractivity contribution in [1.82, 2.24) is 10.2 Å². The van der Waals surface area contributed by atoms with Gasteiger partial charge in [0.25, 0.3) is 0 Å². The van der Waals surface area contributed by atoms with Crippen molar-refractivity contribution in [3.63, 3.8) is 0 Å². The second-order valence-corrected chi connectivity index (χ2v) is 5.91. The summed E-state index contributed by atoms with van der Waals surface area (Å²) in [6.45, 7) is 7.63. The summed E-state index contributed by atoms with van der Waals surface area (Å²) in [5.41, 5.74) is 0.507. The van der Waals surface area contributed by atoms with Crippen LogP contribution in [0, 0.1) is 17.6 Å². The number of rotatable bonds is 4. The summed E-state index contributed by atoms with van der Waals surface area (Å²) >= 11 is 0. The number of nitrogens with zero attached hydrogens (tertiary/aromatic N) is 2. The van der Waals surface area contributed by atoms with Gasteiger partial charge in [-0.2, -0.15) is 0 Å². The molecule has 0 aromatic heterocycles. The van der Waals surface area contributed by atoms with Crippen LogP contribution in [0.5, 0.6) is 0 Å². The molecule has 1 unspecified atom stereocenters. The molecule has 1 aromatic carbocycles. The number of benzene rings is 1. The number of halogens is 3. The van der Waals surface area contributed by atoms with Crippen LogP contribution in [-0.4, -0.2) is 37.0 Å². The highest BCUT2D eigenvalue weighted by Crippen LogP contribution is 2.15. The third kappa shape index (κ3) is 6.24. The zero-order valence-electron chi connectivity index (χ0n) is 13.8. The highest BCUT2D eigenvalue weighted by Gasteiger charge is 2.18. The lowest BCUT2D eigenvalue weighted by Gasteiger charge is -2.33. The Morgan fingerprint density at radius 1 is 1.39 bits per heavy atom. The molecule has 6 heteroatoms. The molecule has 1 aromatic rings. The molecule has 0 amide bonds. The van der Waals surface area contributed by atoms with Gasteiger partial charge in [-0.3, -0.25) is 4.99 Å². The first-order chi connectivity index (χ1) is 10.6. The van der Waals surface area contributed by atoms with Gasteiger partial charge in [0.15, 0.2) is 5.96 Å². The van der Waals surface area contributed by atoms with Crippen molar-refractivity contribution in [2.24, 2.45) is 10.9 Å². The minimum absolute atomic E-state index is 0. The Bertz CT molecular complexity index is 523. The summed E-state index contributed by atoms with van der Waals surface area (Å²) in [5, 5.41) is 3.31. The van der Waals surface area contributed by atoms with Gasteiger partial charge in [-0.25, -0.2) is 8.78 Å². The van der Waals surface area contributed by atoms with Crippen LogP contribution >= 0.6 is 24.0 Å². The van der Waals surface area contributed by atoms with Gasteiger partial charge < -0.3 is 10.2 Å². The quantitative estimate of drug-likeness (QED) is 0.441. The number of likely N-dealkylation sites (tertiary alicyclic amines) is 1. The Morgan fingerprint density at radius 3 is 2.83 bits per heavy atom. The molecule has 1 atom stereocenters. The van der Waals surface area contributed by atoms with Gasteiger partial charge in [-0.15, -0.1) is 24.0 Å². The Balaban J connectivity index is 0.00000264. The number of guanidine groups is 1. The predicted octanol–water partition coefficient (Wildman–Crippen LogP) is 3.82. The van der Waals surface area contributed by atoms with Crippen LogP contribution in [-0.2, 0) is 6.42 Å². The van der Waals surface area contributed by atoms with Crippen molar-refractivity contribution in [3.05, 3.63) is 35.4 Å². The molecule has 1 saturated heterocycles. The number of piperidine rings is 1. The molecule has 0 spiro atoms. The first kappa shape index (κ1) is 20.1. The lowest BCUT2D eigenvalue weighted by atomic mass is 10.0. The normalized spacial score (nSPS) is 18.5. The summed E-state index contributed by atoms with van der Waals surface area (Å²) < 4.78 is 26.5. The van der Waals surface area contributed by atoms with Crippen LogP contribution in [0.4, 0.5) is 8.78 Å². The van der Waals surface area contributed by atoms with E-state index < -0.39 is 11.6 Å². The Hall–Kier alpha value is -0.920. The van der Waals surface area contributed by atoms with Crippen molar-refractivity contribution >= 4 is 29.9 Å². The predicted molar refractivity (Wildman–Crippen MR) is 101 cm³/mol. The summed E-state index contributed by atoms with van der Waals surface area (Å²) in [6.07, 6.45) is 2.92. The van der Waals surface area contributed by atoms with Crippen LogP contribution in [0.3, 0.4) is 0 Å². The zero-order valence-corrected chi connectivity index (χ0v) is 16.1. The van der Waals surface area contributed by atoms with Crippen molar-refractivity contribution in [3.8, 4) is 0 Å². The van der Waals surface area contributed by atoms with Crippen LogP contribution in [0.25, 0.3) is 0 Å². The molecule has 0 bridgehead atoms. The maximum atomic E-state index is 13.6. The number of aliphatic imine (C=N–C) groups is 1. The maximum Gasteiger partial charge on any atom is 0.193 e. The smallest absolute Gasteiger partial charge is 0.193 e. The fraction of sp³-hybridized carbons (Fsp3) is 0.588. The van der Waals surface area contributed by atoms with Gasteiger partial charge in [0.1, 0.15) is 11.6 Å². The summed E-state index contributed by atoms with van der Waals surface area (Å²) in [4.78, 5) is 6.88. The van der Waals surface area contributed by atoms with Gasteiger partial charge in [0, 0.05) is 32.2 Å². The monoisotopic (exact) mass is 437 g/mol. The Morgan fingerprint density at radius 2 is 2.17 bits per heavy atom. The summed E-state index contributed by atoms with van der Waals surface area (Å²) in [6, 6.07) is 3.71. The number of hydrogen-bond donors (Lipinski definition) is 1. The molecule has 2 rings (SSSR count). The Kier molecular flexibility index (Phi) is 8.79. The molecule has 0 aliphatic carbocycles. The van der Waals surface area contributed by atoms with E-state index in [2.05, 4.69) is 22.1 Å². The molecular formula is C17H26F2IN3. The van der Waals surface area contributed by atoms with E-state index >= 15 is 0 Å². The number of hydrogen-bond acceptors (Lipinski definition) is 1.